The van der Waals surface area contributed by atoms with Crippen molar-refractivity contribution < 1.29 is 0 Å². The van der Waals surface area contributed by atoms with Crippen LogP contribution in [-0.4, -0.2) is 14.8 Å². The predicted octanol–water partition coefficient (Wildman–Crippen LogP) is 2.28. The van der Waals surface area contributed by atoms with Crippen molar-refractivity contribution in [2.24, 2.45) is 12.8 Å². The van der Waals surface area contributed by atoms with Crippen LogP contribution in [0.15, 0.2) is 29.0 Å². The summed E-state index contributed by atoms with van der Waals surface area (Å²) in [5, 5.41) is 4.71. The Labute approximate surface area is 107 Å². The van der Waals surface area contributed by atoms with Gasteiger partial charge in [0.05, 0.1) is 33.1 Å². The molecule has 0 amide bonds. The van der Waals surface area contributed by atoms with Gasteiger partial charge in [-0.05, 0) is 28.1 Å². The van der Waals surface area contributed by atoms with E-state index in [0.29, 0.717) is 5.02 Å². The first-order valence-corrected chi connectivity index (χ1v) is 5.81. The normalized spacial score (nSPS) is 12.8. The van der Waals surface area contributed by atoms with Crippen LogP contribution in [0.5, 0.6) is 0 Å². The van der Waals surface area contributed by atoms with E-state index in [2.05, 4.69) is 26.0 Å². The van der Waals surface area contributed by atoms with Gasteiger partial charge in [0.1, 0.15) is 0 Å². The molecule has 2 rings (SSSR count). The molecule has 16 heavy (non-hydrogen) atoms. The standard InChI is InChI=1S/C10H10BrClN4/c1-16-10(7(11)5-15-16)9(13)8-3-2-6(12)4-14-8/h2-5,9H,13H2,1H3. The Hall–Kier alpha value is -0.910. The minimum atomic E-state index is -0.320. The summed E-state index contributed by atoms with van der Waals surface area (Å²) in [5.74, 6) is 0. The highest BCUT2D eigenvalue weighted by Crippen LogP contribution is 2.25. The van der Waals surface area contributed by atoms with Gasteiger partial charge in [0.25, 0.3) is 0 Å². The molecule has 0 saturated carbocycles. The molecule has 4 nitrogen and oxygen atoms in total. The van der Waals surface area contributed by atoms with Gasteiger partial charge in [0.15, 0.2) is 0 Å². The molecular weight excluding hydrogens is 291 g/mol. The van der Waals surface area contributed by atoms with Crippen LogP contribution in [0.4, 0.5) is 0 Å². The lowest BCUT2D eigenvalue weighted by molar-refractivity contribution is 0.662. The number of aryl methyl sites for hydroxylation is 1. The molecule has 0 bridgehead atoms. The summed E-state index contributed by atoms with van der Waals surface area (Å²) >= 11 is 9.19. The van der Waals surface area contributed by atoms with Gasteiger partial charge in [0, 0.05) is 13.2 Å². The second-order valence-corrected chi connectivity index (χ2v) is 4.67. The SMILES string of the molecule is Cn1ncc(Br)c1C(N)c1ccc(Cl)cn1. The maximum absolute atomic E-state index is 6.12. The molecule has 84 valence electrons. The zero-order chi connectivity index (χ0) is 11.7. The number of pyridine rings is 1. The van der Waals surface area contributed by atoms with E-state index in [1.54, 1.807) is 23.1 Å². The molecule has 6 heteroatoms. The molecule has 0 fully saturated rings. The Balaban J connectivity index is 2.39. The second-order valence-electron chi connectivity index (χ2n) is 3.38. The lowest BCUT2D eigenvalue weighted by Crippen LogP contribution is -2.17. The quantitative estimate of drug-likeness (QED) is 0.926. The molecule has 0 aliphatic carbocycles. The van der Waals surface area contributed by atoms with Gasteiger partial charge in [-0.15, -0.1) is 0 Å². The average Bonchev–Trinajstić information content (AvgIpc) is 2.59. The number of rotatable bonds is 2. The Kier molecular flexibility index (Phi) is 3.28. The highest BCUT2D eigenvalue weighted by molar-refractivity contribution is 9.10. The minimum absolute atomic E-state index is 0.320. The molecule has 0 aromatic carbocycles. The molecule has 0 radical (unpaired) electrons. The van der Waals surface area contributed by atoms with E-state index in [4.69, 9.17) is 17.3 Å². The molecule has 1 unspecified atom stereocenters. The summed E-state index contributed by atoms with van der Waals surface area (Å²) in [4.78, 5) is 4.20. The highest BCUT2D eigenvalue weighted by Gasteiger charge is 2.17. The van der Waals surface area contributed by atoms with Crippen molar-refractivity contribution in [3.8, 4) is 0 Å². The van der Waals surface area contributed by atoms with E-state index >= 15 is 0 Å². The van der Waals surface area contributed by atoms with Gasteiger partial charge in [-0.3, -0.25) is 9.67 Å². The first-order chi connectivity index (χ1) is 7.59. The summed E-state index contributed by atoms with van der Waals surface area (Å²) in [6.07, 6.45) is 3.30. The summed E-state index contributed by atoms with van der Waals surface area (Å²) in [7, 11) is 1.84. The highest BCUT2D eigenvalue weighted by atomic mass is 79.9. The Morgan fingerprint density at radius 1 is 1.44 bits per heavy atom. The predicted molar refractivity (Wildman–Crippen MR) is 66.2 cm³/mol. The Morgan fingerprint density at radius 2 is 2.19 bits per heavy atom. The number of aromatic nitrogens is 3. The monoisotopic (exact) mass is 300 g/mol. The zero-order valence-corrected chi connectivity index (χ0v) is 10.9. The van der Waals surface area contributed by atoms with E-state index in [-0.39, 0.29) is 6.04 Å². The molecule has 0 aliphatic rings. The maximum atomic E-state index is 6.12. The topological polar surface area (TPSA) is 56.7 Å². The lowest BCUT2D eigenvalue weighted by atomic mass is 10.1. The van der Waals surface area contributed by atoms with Crippen molar-refractivity contribution in [2.75, 3.05) is 0 Å². The van der Waals surface area contributed by atoms with Gasteiger partial charge in [0.2, 0.25) is 0 Å². The van der Waals surface area contributed by atoms with Crippen molar-refractivity contribution in [2.45, 2.75) is 6.04 Å². The van der Waals surface area contributed by atoms with Crippen molar-refractivity contribution in [1.29, 1.82) is 0 Å². The van der Waals surface area contributed by atoms with Gasteiger partial charge in [-0.1, -0.05) is 11.6 Å². The number of nitrogens with two attached hydrogens (primary N) is 1. The van der Waals surface area contributed by atoms with Crippen LogP contribution in [0, 0.1) is 0 Å². The number of hydrogen-bond donors (Lipinski definition) is 1. The third-order valence-electron chi connectivity index (χ3n) is 2.30. The third kappa shape index (κ3) is 2.11. The maximum Gasteiger partial charge on any atom is 0.0908 e. The first kappa shape index (κ1) is 11.6. The molecule has 2 aromatic rings. The van der Waals surface area contributed by atoms with Crippen LogP contribution in [0.1, 0.15) is 17.4 Å². The summed E-state index contributed by atoms with van der Waals surface area (Å²) < 4.78 is 2.60. The van der Waals surface area contributed by atoms with Crippen LogP contribution in [0.2, 0.25) is 5.02 Å². The zero-order valence-electron chi connectivity index (χ0n) is 8.56. The minimum Gasteiger partial charge on any atom is -0.318 e. The van der Waals surface area contributed by atoms with E-state index in [0.717, 1.165) is 15.9 Å². The van der Waals surface area contributed by atoms with Gasteiger partial charge in [-0.25, -0.2) is 0 Å². The van der Waals surface area contributed by atoms with Gasteiger partial charge >= 0.3 is 0 Å². The van der Waals surface area contributed by atoms with Crippen molar-refractivity contribution in [3.63, 3.8) is 0 Å². The van der Waals surface area contributed by atoms with Crippen LogP contribution in [0.25, 0.3) is 0 Å². The smallest absolute Gasteiger partial charge is 0.0908 e. The van der Waals surface area contributed by atoms with Crippen molar-refractivity contribution >= 4 is 27.5 Å². The van der Waals surface area contributed by atoms with Crippen molar-refractivity contribution in [3.05, 3.63) is 45.4 Å². The fourth-order valence-corrected chi connectivity index (χ4v) is 2.19. The largest absolute Gasteiger partial charge is 0.318 e. The number of halogens is 2. The lowest BCUT2D eigenvalue weighted by Gasteiger charge is -2.12. The fourth-order valence-electron chi connectivity index (χ4n) is 1.48. The molecule has 2 N–H and O–H groups in total. The van der Waals surface area contributed by atoms with Crippen LogP contribution in [0.3, 0.4) is 0 Å². The first-order valence-electron chi connectivity index (χ1n) is 4.64. The van der Waals surface area contributed by atoms with E-state index in [1.165, 1.54) is 0 Å². The summed E-state index contributed by atoms with van der Waals surface area (Å²) in [6, 6.07) is 3.26. The summed E-state index contributed by atoms with van der Waals surface area (Å²) in [5.41, 5.74) is 7.76. The molecule has 1 atom stereocenters. The summed E-state index contributed by atoms with van der Waals surface area (Å²) in [6.45, 7) is 0. The second kappa shape index (κ2) is 4.53. The molecule has 0 saturated heterocycles. The molecule has 2 heterocycles. The van der Waals surface area contributed by atoms with Crippen molar-refractivity contribution in [1.82, 2.24) is 14.8 Å². The van der Waals surface area contributed by atoms with Gasteiger partial charge in [-0.2, -0.15) is 5.10 Å². The van der Waals surface area contributed by atoms with E-state index in [1.807, 2.05) is 13.1 Å². The molecular formula is C10H10BrClN4. The Morgan fingerprint density at radius 3 is 2.69 bits per heavy atom. The molecule has 0 aliphatic heterocycles. The Bertz CT molecular complexity index is 475. The molecule has 2 aromatic heterocycles. The van der Waals surface area contributed by atoms with Crippen LogP contribution < -0.4 is 5.73 Å². The van der Waals surface area contributed by atoms with Crippen LogP contribution in [-0.2, 0) is 7.05 Å². The fraction of sp³-hybridized carbons (Fsp3) is 0.200. The average molecular weight is 302 g/mol. The number of nitrogens with zero attached hydrogens (tertiary/aromatic N) is 3. The number of hydrogen-bond acceptors (Lipinski definition) is 3. The van der Waals surface area contributed by atoms with Gasteiger partial charge < -0.3 is 5.73 Å². The van der Waals surface area contributed by atoms with E-state index in [9.17, 15) is 0 Å². The molecule has 0 spiro atoms. The van der Waals surface area contributed by atoms with Crippen LogP contribution >= 0.6 is 27.5 Å². The van der Waals surface area contributed by atoms with E-state index < -0.39 is 0 Å². The third-order valence-corrected chi connectivity index (χ3v) is 3.14.